The Balaban J connectivity index is 1.74. The molecule has 2 aromatic rings. The van der Waals surface area contributed by atoms with Crippen molar-refractivity contribution in [1.29, 1.82) is 0 Å². The zero-order valence-corrected chi connectivity index (χ0v) is 18.7. The zero-order chi connectivity index (χ0) is 21.0. The first-order chi connectivity index (χ1) is 13.9. The van der Waals surface area contributed by atoms with Gasteiger partial charge >= 0.3 is 0 Å². The van der Waals surface area contributed by atoms with Crippen LogP contribution >= 0.6 is 0 Å². The van der Waals surface area contributed by atoms with E-state index in [2.05, 4.69) is 61.5 Å². The number of hydrogen-bond acceptors (Lipinski definition) is 3. The summed E-state index contributed by atoms with van der Waals surface area (Å²) in [7, 11) is 5.80. The Morgan fingerprint density at radius 2 is 2.00 bits per heavy atom. The Morgan fingerprint density at radius 3 is 2.55 bits per heavy atom. The molecule has 0 radical (unpaired) electrons. The van der Waals surface area contributed by atoms with Gasteiger partial charge in [0.15, 0.2) is 5.96 Å². The smallest absolute Gasteiger partial charge is 0.193 e. The Bertz CT molecular complexity index is 833. The maximum atomic E-state index is 5.30. The van der Waals surface area contributed by atoms with Gasteiger partial charge in [-0.15, -0.1) is 0 Å². The number of aromatic nitrogens is 2. The van der Waals surface area contributed by atoms with Gasteiger partial charge in [-0.2, -0.15) is 5.10 Å². The SMILES string of the molecule is CCNC(=NCC1(c2ccc(OC)cc2)CC1)N(C)Cc1cn(C)nc1C(C)C. The van der Waals surface area contributed by atoms with E-state index in [0.29, 0.717) is 5.92 Å². The molecule has 29 heavy (non-hydrogen) atoms. The number of guanidine groups is 1. The molecule has 1 heterocycles. The molecule has 0 unspecified atom stereocenters. The maximum absolute atomic E-state index is 5.30. The largest absolute Gasteiger partial charge is 0.497 e. The van der Waals surface area contributed by atoms with Crippen molar-refractivity contribution in [3.63, 3.8) is 0 Å². The Kier molecular flexibility index (Phi) is 6.50. The number of ether oxygens (including phenoxy) is 1. The van der Waals surface area contributed by atoms with Crippen LogP contribution in [-0.4, -0.2) is 47.9 Å². The molecule has 1 aliphatic rings. The standard InChI is InChI=1S/C23H35N5O/c1-7-24-22(27(4)14-18-15-28(5)26-21(18)17(2)3)25-16-23(12-13-23)19-8-10-20(29-6)11-9-19/h8-11,15,17H,7,12-14,16H2,1-6H3,(H,24,25). The van der Waals surface area contributed by atoms with E-state index in [0.717, 1.165) is 37.0 Å². The number of rotatable bonds is 8. The van der Waals surface area contributed by atoms with Gasteiger partial charge in [-0.05, 0) is 43.4 Å². The summed E-state index contributed by atoms with van der Waals surface area (Å²) in [4.78, 5) is 7.22. The van der Waals surface area contributed by atoms with E-state index in [1.54, 1.807) is 7.11 Å². The molecule has 0 spiro atoms. The summed E-state index contributed by atoms with van der Waals surface area (Å²) in [5.74, 6) is 2.26. The summed E-state index contributed by atoms with van der Waals surface area (Å²) in [6.07, 6.45) is 4.49. The number of methoxy groups -OCH3 is 1. The van der Waals surface area contributed by atoms with Crippen LogP contribution < -0.4 is 10.1 Å². The Morgan fingerprint density at radius 1 is 1.31 bits per heavy atom. The van der Waals surface area contributed by atoms with Crippen molar-refractivity contribution >= 4 is 5.96 Å². The number of nitrogens with zero attached hydrogens (tertiary/aromatic N) is 4. The summed E-state index contributed by atoms with van der Waals surface area (Å²) in [5, 5.41) is 8.09. The number of benzene rings is 1. The van der Waals surface area contributed by atoms with Crippen LogP contribution in [0.1, 0.15) is 56.4 Å². The van der Waals surface area contributed by atoms with Crippen molar-refractivity contribution < 1.29 is 4.74 Å². The lowest BCUT2D eigenvalue weighted by molar-refractivity contribution is 0.414. The highest BCUT2D eigenvalue weighted by molar-refractivity contribution is 5.79. The first-order valence-corrected chi connectivity index (χ1v) is 10.5. The van der Waals surface area contributed by atoms with E-state index < -0.39 is 0 Å². The van der Waals surface area contributed by atoms with E-state index in [4.69, 9.17) is 9.73 Å². The van der Waals surface area contributed by atoms with Crippen LogP contribution in [0.5, 0.6) is 5.75 Å². The minimum absolute atomic E-state index is 0.172. The van der Waals surface area contributed by atoms with Crippen LogP contribution in [0.3, 0.4) is 0 Å². The third kappa shape index (κ3) is 4.92. The van der Waals surface area contributed by atoms with Crippen LogP contribution in [0.4, 0.5) is 0 Å². The van der Waals surface area contributed by atoms with Gasteiger partial charge in [-0.25, -0.2) is 0 Å². The molecule has 1 aliphatic carbocycles. The minimum Gasteiger partial charge on any atom is -0.497 e. The summed E-state index contributed by atoms with van der Waals surface area (Å²) in [6.45, 7) is 8.94. The van der Waals surface area contributed by atoms with Crippen molar-refractivity contribution in [2.24, 2.45) is 12.0 Å². The van der Waals surface area contributed by atoms with Gasteiger partial charge in [0.2, 0.25) is 0 Å². The third-order valence-corrected chi connectivity index (χ3v) is 5.68. The Hall–Kier alpha value is -2.50. The molecule has 6 heteroatoms. The molecule has 1 fully saturated rings. The van der Waals surface area contributed by atoms with E-state index in [-0.39, 0.29) is 5.41 Å². The molecule has 1 saturated carbocycles. The first-order valence-electron chi connectivity index (χ1n) is 10.5. The van der Waals surface area contributed by atoms with Gasteiger partial charge in [0.1, 0.15) is 5.75 Å². The summed E-state index contributed by atoms with van der Waals surface area (Å²) in [6, 6.07) is 8.46. The highest BCUT2D eigenvalue weighted by atomic mass is 16.5. The molecule has 1 N–H and O–H groups in total. The molecule has 1 aromatic carbocycles. The van der Waals surface area contributed by atoms with Gasteiger partial charge < -0.3 is 15.0 Å². The van der Waals surface area contributed by atoms with E-state index in [9.17, 15) is 0 Å². The normalized spacial score (nSPS) is 15.5. The average Bonchev–Trinajstić information content (AvgIpc) is 3.41. The fraction of sp³-hybridized carbons (Fsp3) is 0.565. The van der Waals surface area contributed by atoms with Crippen molar-refractivity contribution in [2.45, 2.75) is 51.5 Å². The molecule has 0 amide bonds. The summed E-state index contributed by atoms with van der Waals surface area (Å²) >= 11 is 0. The lowest BCUT2D eigenvalue weighted by atomic mass is 9.96. The molecule has 0 atom stereocenters. The number of nitrogens with one attached hydrogen (secondary N) is 1. The van der Waals surface area contributed by atoms with Gasteiger partial charge in [0.25, 0.3) is 0 Å². The summed E-state index contributed by atoms with van der Waals surface area (Å²) < 4.78 is 7.21. The second kappa shape index (κ2) is 8.89. The van der Waals surface area contributed by atoms with Crippen LogP contribution in [-0.2, 0) is 19.0 Å². The quantitative estimate of drug-likeness (QED) is 0.545. The van der Waals surface area contributed by atoms with E-state index >= 15 is 0 Å². The maximum Gasteiger partial charge on any atom is 0.193 e. The first kappa shape index (κ1) is 21.2. The van der Waals surface area contributed by atoms with E-state index in [1.807, 2.05) is 23.9 Å². The minimum atomic E-state index is 0.172. The van der Waals surface area contributed by atoms with Gasteiger partial charge in [-0.1, -0.05) is 26.0 Å². The number of aliphatic imine (C=N–C) groups is 1. The lowest BCUT2D eigenvalue weighted by Crippen LogP contribution is -2.39. The van der Waals surface area contributed by atoms with Crippen LogP contribution in [0.15, 0.2) is 35.5 Å². The van der Waals surface area contributed by atoms with Crippen LogP contribution in [0.2, 0.25) is 0 Å². The molecule has 1 aromatic heterocycles. The number of hydrogen-bond donors (Lipinski definition) is 1. The second-order valence-electron chi connectivity index (χ2n) is 8.40. The predicted molar refractivity (Wildman–Crippen MR) is 119 cm³/mol. The van der Waals surface area contributed by atoms with Gasteiger partial charge in [-0.3, -0.25) is 9.67 Å². The Labute approximate surface area is 175 Å². The molecular weight excluding hydrogens is 362 g/mol. The average molecular weight is 398 g/mol. The van der Waals surface area contributed by atoms with Crippen LogP contribution in [0.25, 0.3) is 0 Å². The fourth-order valence-electron chi connectivity index (χ4n) is 3.82. The topological polar surface area (TPSA) is 54.7 Å². The molecule has 6 nitrogen and oxygen atoms in total. The molecule has 0 aliphatic heterocycles. The monoisotopic (exact) mass is 397 g/mol. The highest BCUT2D eigenvalue weighted by Crippen LogP contribution is 2.48. The second-order valence-corrected chi connectivity index (χ2v) is 8.40. The van der Waals surface area contributed by atoms with Crippen LogP contribution in [0, 0.1) is 0 Å². The number of aryl methyl sites for hydroxylation is 1. The van der Waals surface area contributed by atoms with Crippen molar-refractivity contribution in [2.75, 3.05) is 27.2 Å². The molecular formula is C23H35N5O. The van der Waals surface area contributed by atoms with Crippen molar-refractivity contribution in [1.82, 2.24) is 20.0 Å². The van der Waals surface area contributed by atoms with Gasteiger partial charge in [0, 0.05) is 44.4 Å². The predicted octanol–water partition coefficient (Wildman–Crippen LogP) is 3.68. The molecule has 158 valence electrons. The van der Waals surface area contributed by atoms with Crippen molar-refractivity contribution in [3.05, 3.63) is 47.3 Å². The zero-order valence-electron chi connectivity index (χ0n) is 18.7. The molecule has 0 bridgehead atoms. The van der Waals surface area contributed by atoms with Gasteiger partial charge in [0.05, 0.1) is 19.3 Å². The third-order valence-electron chi connectivity index (χ3n) is 5.68. The highest BCUT2D eigenvalue weighted by Gasteiger charge is 2.44. The van der Waals surface area contributed by atoms with E-state index in [1.165, 1.54) is 24.0 Å². The fourth-order valence-corrected chi connectivity index (χ4v) is 3.82. The molecule has 3 rings (SSSR count). The molecule has 0 saturated heterocycles. The van der Waals surface area contributed by atoms with Crippen molar-refractivity contribution in [3.8, 4) is 5.75 Å². The summed E-state index contributed by atoms with van der Waals surface area (Å²) in [5.41, 5.74) is 3.94. The lowest BCUT2D eigenvalue weighted by Gasteiger charge is -2.23.